The molecule has 0 fully saturated rings. The molecule has 0 aliphatic heterocycles. The summed E-state index contributed by atoms with van der Waals surface area (Å²) in [7, 11) is 0. The summed E-state index contributed by atoms with van der Waals surface area (Å²) in [5.41, 5.74) is 7.27. The molecule has 0 spiro atoms. The number of carbonyl (C=O) groups excluding carboxylic acids is 1. The molecule has 23 heavy (non-hydrogen) atoms. The Morgan fingerprint density at radius 1 is 1.52 bits per heavy atom. The van der Waals surface area contributed by atoms with Crippen molar-refractivity contribution in [1.82, 2.24) is 10.2 Å². The van der Waals surface area contributed by atoms with Gasteiger partial charge < -0.3 is 11.1 Å². The molecule has 0 aromatic carbocycles. The molecule has 1 atom stereocenters. The van der Waals surface area contributed by atoms with Crippen LogP contribution < -0.4 is 11.1 Å². The van der Waals surface area contributed by atoms with Crippen molar-refractivity contribution in [2.45, 2.75) is 30.5 Å². The van der Waals surface area contributed by atoms with Gasteiger partial charge in [-0.25, -0.2) is 0 Å². The van der Waals surface area contributed by atoms with Crippen LogP contribution in [0, 0.1) is 17.2 Å². The normalized spacial score (nSPS) is 16.6. The number of nitriles is 1. The summed E-state index contributed by atoms with van der Waals surface area (Å²) in [6.45, 7) is 2.22. The quantitative estimate of drug-likeness (QED) is 0.807. The van der Waals surface area contributed by atoms with Crippen LogP contribution in [0.1, 0.15) is 29.3 Å². The minimum Gasteiger partial charge on any atom is -0.374 e. The summed E-state index contributed by atoms with van der Waals surface area (Å²) in [6.07, 6.45) is 3.01. The monoisotopic (exact) mass is 365 g/mol. The first kappa shape index (κ1) is 16.2. The molecule has 0 saturated carbocycles. The van der Waals surface area contributed by atoms with Gasteiger partial charge >= 0.3 is 0 Å². The van der Waals surface area contributed by atoms with Gasteiger partial charge in [0, 0.05) is 4.88 Å². The van der Waals surface area contributed by atoms with Crippen molar-refractivity contribution >= 4 is 50.5 Å². The molecule has 0 saturated heterocycles. The molecule has 9 heteroatoms. The number of hydrogen-bond acceptors (Lipinski definition) is 8. The van der Waals surface area contributed by atoms with Gasteiger partial charge in [-0.15, -0.1) is 21.5 Å². The molecule has 6 nitrogen and oxygen atoms in total. The van der Waals surface area contributed by atoms with E-state index >= 15 is 0 Å². The Balaban J connectivity index is 1.67. The van der Waals surface area contributed by atoms with Gasteiger partial charge in [-0.05, 0) is 30.7 Å². The highest BCUT2D eigenvalue weighted by molar-refractivity contribution is 8.01. The van der Waals surface area contributed by atoms with Crippen molar-refractivity contribution in [3.63, 3.8) is 0 Å². The van der Waals surface area contributed by atoms with Gasteiger partial charge in [0.1, 0.15) is 11.1 Å². The Morgan fingerprint density at radius 3 is 3.04 bits per heavy atom. The second-order valence-corrected chi connectivity index (χ2v) is 8.75. The Kier molecular flexibility index (Phi) is 4.84. The Hall–Kier alpha value is -1.63. The van der Waals surface area contributed by atoms with Crippen LogP contribution in [0.5, 0.6) is 0 Å². The number of amides is 1. The van der Waals surface area contributed by atoms with Crippen molar-refractivity contribution in [3.05, 3.63) is 16.0 Å². The molecular formula is C14H15N5OS3. The zero-order valence-corrected chi connectivity index (χ0v) is 14.9. The highest BCUT2D eigenvalue weighted by Gasteiger charge is 2.24. The largest absolute Gasteiger partial charge is 0.374 e. The summed E-state index contributed by atoms with van der Waals surface area (Å²) in [6, 6.07) is 2.25. The summed E-state index contributed by atoms with van der Waals surface area (Å²) < 4.78 is 0.664. The van der Waals surface area contributed by atoms with Gasteiger partial charge in [0.15, 0.2) is 4.34 Å². The number of thioether (sulfide) groups is 1. The number of nitrogens with one attached hydrogen (secondary N) is 1. The van der Waals surface area contributed by atoms with Gasteiger partial charge in [0.25, 0.3) is 0 Å². The fourth-order valence-electron chi connectivity index (χ4n) is 2.53. The first-order valence-corrected chi connectivity index (χ1v) is 9.75. The second kappa shape index (κ2) is 6.86. The number of aromatic nitrogens is 2. The van der Waals surface area contributed by atoms with E-state index in [1.807, 2.05) is 0 Å². The van der Waals surface area contributed by atoms with Crippen molar-refractivity contribution in [2.24, 2.45) is 5.92 Å². The van der Waals surface area contributed by atoms with E-state index in [1.54, 1.807) is 0 Å². The number of anilines is 2. The fourth-order valence-corrected chi connectivity index (χ4v) is 5.34. The fraction of sp³-hybridized carbons (Fsp3) is 0.429. The van der Waals surface area contributed by atoms with Crippen LogP contribution in [0.2, 0.25) is 0 Å². The topological polar surface area (TPSA) is 105 Å². The first-order chi connectivity index (χ1) is 11.1. The maximum Gasteiger partial charge on any atom is 0.235 e. The van der Waals surface area contributed by atoms with E-state index in [-0.39, 0.29) is 11.7 Å². The van der Waals surface area contributed by atoms with Crippen molar-refractivity contribution < 1.29 is 4.79 Å². The number of carbonyl (C=O) groups is 1. The molecule has 2 aromatic heterocycles. The number of fused-ring (bicyclic) bond motifs is 1. The number of nitrogens with zero attached hydrogens (tertiary/aromatic N) is 3. The average molecular weight is 366 g/mol. The van der Waals surface area contributed by atoms with Crippen molar-refractivity contribution in [1.29, 1.82) is 5.26 Å². The minimum atomic E-state index is -0.146. The molecule has 1 aliphatic rings. The highest BCUT2D eigenvalue weighted by Crippen LogP contribution is 2.39. The third-order valence-corrected chi connectivity index (χ3v) is 6.68. The van der Waals surface area contributed by atoms with Crippen LogP contribution >= 0.6 is 34.4 Å². The van der Waals surface area contributed by atoms with Crippen LogP contribution in [0.15, 0.2) is 4.34 Å². The molecule has 1 amide bonds. The standard InChI is InChI=1S/C14H15N5OS3/c1-7-2-3-8-9(5-15)12(22-10(8)4-7)17-11(20)6-21-14-19-18-13(16)23-14/h7H,2-4,6H2,1H3,(H2,16,18)(H,17,20). The van der Waals surface area contributed by atoms with E-state index in [4.69, 9.17) is 5.73 Å². The molecule has 120 valence electrons. The van der Waals surface area contributed by atoms with E-state index in [2.05, 4.69) is 28.5 Å². The van der Waals surface area contributed by atoms with Crippen LogP contribution in [-0.2, 0) is 17.6 Å². The number of thiophene rings is 1. The van der Waals surface area contributed by atoms with E-state index in [9.17, 15) is 10.1 Å². The molecule has 0 radical (unpaired) electrons. The molecule has 1 aliphatic carbocycles. The average Bonchev–Trinajstić information content (AvgIpc) is 3.07. The number of rotatable bonds is 4. The first-order valence-electron chi connectivity index (χ1n) is 7.13. The summed E-state index contributed by atoms with van der Waals surface area (Å²) in [5, 5.41) is 20.9. The molecule has 2 heterocycles. The van der Waals surface area contributed by atoms with Gasteiger partial charge in [-0.2, -0.15) is 5.26 Å². The Morgan fingerprint density at radius 2 is 2.35 bits per heavy atom. The van der Waals surface area contributed by atoms with Gasteiger partial charge in [-0.3, -0.25) is 4.79 Å². The Labute approximate surface area is 146 Å². The van der Waals surface area contributed by atoms with Gasteiger partial charge in [-0.1, -0.05) is 30.0 Å². The van der Waals surface area contributed by atoms with Gasteiger partial charge in [0.05, 0.1) is 11.3 Å². The van der Waals surface area contributed by atoms with E-state index in [0.717, 1.165) is 24.8 Å². The van der Waals surface area contributed by atoms with Crippen molar-refractivity contribution in [3.8, 4) is 6.07 Å². The minimum absolute atomic E-state index is 0.146. The predicted molar refractivity (Wildman–Crippen MR) is 93.9 cm³/mol. The summed E-state index contributed by atoms with van der Waals surface area (Å²) in [5.74, 6) is 0.708. The zero-order chi connectivity index (χ0) is 16.4. The second-order valence-electron chi connectivity index (χ2n) is 5.41. The molecule has 3 rings (SSSR count). The van der Waals surface area contributed by atoms with E-state index < -0.39 is 0 Å². The lowest BCUT2D eigenvalue weighted by Gasteiger charge is -2.17. The van der Waals surface area contributed by atoms with Crippen LogP contribution in [0.4, 0.5) is 10.1 Å². The molecule has 3 N–H and O–H groups in total. The van der Waals surface area contributed by atoms with Crippen LogP contribution in [0.3, 0.4) is 0 Å². The molecule has 1 unspecified atom stereocenters. The van der Waals surface area contributed by atoms with Crippen molar-refractivity contribution in [2.75, 3.05) is 16.8 Å². The lowest BCUT2D eigenvalue weighted by molar-refractivity contribution is -0.113. The summed E-state index contributed by atoms with van der Waals surface area (Å²) in [4.78, 5) is 13.4. The molecule has 2 aromatic rings. The summed E-state index contributed by atoms with van der Waals surface area (Å²) >= 11 is 4.08. The molecule has 0 bridgehead atoms. The maximum absolute atomic E-state index is 12.1. The maximum atomic E-state index is 12.1. The highest BCUT2D eigenvalue weighted by atomic mass is 32.2. The lowest BCUT2D eigenvalue weighted by atomic mass is 9.89. The smallest absolute Gasteiger partial charge is 0.235 e. The zero-order valence-electron chi connectivity index (χ0n) is 12.5. The SMILES string of the molecule is CC1CCc2c(sc(NC(=O)CSc3nnc(N)s3)c2C#N)C1. The Bertz CT molecular complexity index is 776. The van der Waals surface area contributed by atoms with E-state index in [0.29, 0.717) is 26.0 Å². The lowest BCUT2D eigenvalue weighted by Crippen LogP contribution is -2.14. The third-order valence-electron chi connectivity index (χ3n) is 3.63. The molecular weight excluding hydrogens is 350 g/mol. The third kappa shape index (κ3) is 3.65. The van der Waals surface area contributed by atoms with Gasteiger partial charge in [0.2, 0.25) is 11.0 Å². The van der Waals surface area contributed by atoms with Crippen LogP contribution in [-0.4, -0.2) is 21.9 Å². The number of nitrogen functional groups attached to an aromatic ring is 1. The van der Waals surface area contributed by atoms with E-state index in [1.165, 1.54) is 39.3 Å². The predicted octanol–water partition coefficient (Wildman–Crippen LogP) is 2.91. The number of nitrogens with two attached hydrogens (primary N) is 1. The van der Waals surface area contributed by atoms with Crippen LogP contribution in [0.25, 0.3) is 0 Å². The number of hydrogen-bond donors (Lipinski definition) is 2.